The van der Waals surface area contributed by atoms with Crippen LogP contribution in [0.4, 0.5) is 0 Å². The van der Waals surface area contributed by atoms with Gasteiger partial charge < -0.3 is 4.57 Å². The molecule has 6 aromatic carbocycles. The van der Waals surface area contributed by atoms with E-state index in [1.807, 2.05) is 18.2 Å². The van der Waals surface area contributed by atoms with Crippen LogP contribution in [0.15, 0.2) is 133 Å². The summed E-state index contributed by atoms with van der Waals surface area (Å²) < 4.78 is 2.44. The molecule has 36 heavy (non-hydrogen) atoms. The molecule has 0 radical (unpaired) electrons. The van der Waals surface area contributed by atoms with Crippen molar-refractivity contribution in [2.24, 2.45) is 0 Å². The number of rotatable bonds is 3. The average Bonchev–Trinajstić information content (AvgIpc) is 3.27. The Morgan fingerprint density at radius 3 is 1.75 bits per heavy atom. The zero-order chi connectivity index (χ0) is 24.1. The molecule has 0 amide bonds. The molecule has 0 bridgehead atoms. The minimum atomic E-state index is 0.750. The second-order valence-corrected chi connectivity index (χ2v) is 9.58. The summed E-state index contributed by atoms with van der Waals surface area (Å²) in [6, 6.07) is 47.4. The minimum absolute atomic E-state index is 0.750. The van der Waals surface area contributed by atoms with Crippen LogP contribution in [-0.4, -0.2) is 4.57 Å². The normalized spacial score (nSPS) is 11.5. The van der Waals surface area contributed by atoms with Crippen molar-refractivity contribution in [3.63, 3.8) is 0 Å². The first kappa shape index (κ1) is 21.0. The Morgan fingerprint density at radius 2 is 1.06 bits per heavy atom. The van der Waals surface area contributed by atoms with Gasteiger partial charge in [0.1, 0.15) is 0 Å². The summed E-state index contributed by atoms with van der Waals surface area (Å²) in [6.45, 7) is 0. The summed E-state index contributed by atoms with van der Waals surface area (Å²) in [7, 11) is 0. The van der Waals surface area contributed by atoms with Gasteiger partial charge in [-0.1, -0.05) is 121 Å². The van der Waals surface area contributed by atoms with E-state index in [9.17, 15) is 0 Å². The largest absolute Gasteiger partial charge is 0.308 e. The van der Waals surface area contributed by atoms with Gasteiger partial charge in [0, 0.05) is 26.7 Å². The maximum absolute atomic E-state index is 6.25. The molecule has 1 aromatic heterocycles. The van der Waals surface area contributed by atoms with Crippen LogP contribution in [0.3, 0.4) is 0 Å². The molecule has 0 atom stereocenters. The Bertz CT molecular complexity index is 1840. The number of benzene rings is 6. The highest BCUT2D eigenvalue weighted by molar-refractivity contribution is 6.30. The summed E-state index contributed by atoms with van der Waals surface area (Å²) >= 11 is 6.25. The van der Waals surface area contributed by atoms with Gasteiger partial charge in [-0.15, -0.1) is 0 Å². The lowest BCUT2D eigenvalue weighted by Gasteiger charge is -2.17. The topological polar surface area (TPSA) is 4.93 Å². The molecule has 1 heterocycles. The van der Waals surface area contributed by atoms with Crippen LogP contribution >= 0.6 is 11.6 Å². The third-order valence-electron chi connectivity index (χ3n) is 7.06. The molecule has 7 rings (SSSR count). The van der Waals surface area contributed by atoms with Gasteiger partial charge in [0.25, 0.3) is 0 Å². The zero-order valence-corrected chi connectivity index (χ0v) is 20.3. The third-order valence-corrected chi connectivity index (χ3v) is 7.29. The average molecular weight is 480 g/mol. The molecular formula is C34H22ClN. The van der Waals surface area contributed by atoms with Crippen molar-refractivity contribution in [2.75, 3.05) is 0 Å². The van der Waals surface area contributed by atoms with Crippen molar-refractivity contribution in [3.05, 3.63) is 138 Å². The van der Waals surface area contributed by atoms with E-state index in [1.54, 1.807) is 0 Å². The first-order chi connectivity index (χ1) is 17.8. The van der Waals surface area contributed by atoms with E-state index in [2.05, 4.69) is 120 Å². The Labute approximate surface area is 214 Å². The maximum atomic E-state index is 6.25. The van der Waals surface area contributed by atoms with Gasteiger partial charge in [-0.25, -0.2) is 0 Å². The molecule has 0 aliphatic heterocycles. The van der Waals surface area contributed by atoms with Gasteiger partial charge in [0.05, 0.1) is 16.7 Å². The summed E-state index contributed by atoms with van der Waals surface area (Å²) in [6.07, 6.45) is 0. The Kier molecular flexibility index (Phi) is 4.90. The Hall–Kier alpha value is -4.33. The van der Waals surface area contributed by atoms with Crippen LogP contribution in [0.25, 0.3) is 60.5 Å². The van der Waals surface area contributed by atoms with Gasteiger partial charge in [0.15, 0.2) is 0 Å². The molecule has 170 valence electrons. The molecule has 7 aromatic rings. The number of para-hydroxylation sites is 2. The van der Waals surface area contributed by atoms with Crippen molar-refractivity contribution >= 4 is 44.2 Å². The summed E-state index contributed by atoms with van der Waals surface area (Å²) in [5.74, 6) is 0. The van der Waals surface area contributed by atoms with Crippen LogP contribution in [0.1, 0.15) is 0 Å². The highest BCUT2D eigenvalue weighted by atomic mass is 35.5. The highest BCUT2D eigenvalue weighted by Crippen LogP contribution is 2.40. The number of hydrogen-bond acceptors (Lipinski definition) is 0. The molecule has 0 saturated carbocycles. The van der Waals surface area contributed by atoms with Crippen molar-refractivity contribution < 1.29 is 0 Å². The van der Waals surface area contributed by atoms with Gasteiger partial charge >= 0.3 is 0 Å². The monoisotopic (exact) mass is 479 g/mol. The fourth-order valence-electron chi connectivity index (χ4n) is 5.40. The molecule has 0 aliphatic rings. The molecule has 1 nitrogen and oxygen atoms in total. The smallest absolute Gasteiger partial charge is 0.0618 e. The fraction of sp³-hybridized carbons (Fsp3) is 0. The number of hydrogen-bond donors (Lipinski definition) is 0. The van der Waals surface area contributed by atoms with Crippen molar-refractivity contribution in [1.29, 1.82) is 0 Å². The van der Waals surface area contributed by atoms with E-state index in [0.717, 1.165) is 16.1 Å². The number of aromatic nitrogens is 1. The maximum Gasteiger partial charge on any atom is 0.0618 e. The molecule has 2 heteroatoms. The fourth-order valence-corrected chi connectivity index (χ4v) is 5.59. The van der Waals surface area contributed by atoms with Crippen LogP contribution in [-0.2, 0) is 0 Å². The van der Waals surface area contributed by atoms with E-state index in [0.29, 0.717) is 0 Å². The van der Waals surface area contributed by atoms with E-state index in [4.69, 9.17) is 11.6 Å². The zero-order valence-electron chi connectivity index (χ0n) is 19.5. The molecule has 0 unspecified atom stereocenters. The lowest BCUT2D eigenvalue weighted by Crippen LogP contribution is -1.99. The van der Waals surface area contributed by atoms with Crippen LogP contribution in [0.2, 0.25) is 5.02 Å². The lowest BCUT2D eigenvalue weighted by molar-refractivity contribution is 1.20. The molecule has 0 fully saturated rings. The SMILES string of the molecule is Clc1cccc(-c2ccc(-c3ccc4ccccc4c3-n3c4ccccc4c4ccccc43)cc2)c1. The standard InChI is InChI=1S/C34H22ClN/c35-27-10-7-9-26(22-27)23-16-18-25(19-17-23)29-21-20-24-8-1-2-11-28(24)34(29)36-32-14-5-3-12-30(32)31-13-4-6-15-33(31)36/h1-22H. The number of fused-ring (bicyclic) bond motifs is 4. The van der Waals surface area contributed by atoms with Gasteiger partial charge in [-0.3, -0.25) is 0 Å². The molecule has 0 aliphatic carbocycles. The quantitative estimate of drug-likeness (QED) is 0.237. The summed E-state index contributed by atoms with van der Waals surface area (Å²) in [4.78, 5) is 0. The Morgan fingerprint density at radius 1 is 0.444 bits per heavy atom. The second-order valence-electron chi connectivity index (χ2n) is 9.14. The lowest BCUT2D eigenvalue weighted by atomic mass is 9.96. The highest BCUT2D eigenvalue weighted by Gasteiger charge is 2.17. The predicted octanol–water partition coefficient (Wildman–Crippen LogP) is 9.92. The first-order valence-electron chi connectivity index (χ1n) is 12.1. The first-order valence-corrected chi connectivity index (χ1v) is 12.5. The van der Waals surface area contributed by atoms with Gasteiger partial charge in [-0.2, -0.15) is 0 Å². The van der Waals surface area contributed by atoms with E-state index >= 15 is 0 Å². The van der Waals surface area contributed by atoms with Crippen LogP contribution in [0.5, 0.6) is 0 Å². The molecular weight excluding hydrogens is 458 g/mol. The third kappa shape index (κ3) is 3.32. The number of halogens is 1. The molecule has 0 N–H and O–H groups in total. The summed E-state index contributed by atoms with van der Waals surface area (Å²) in [5, 5.41) is 5.75. The van der Waals surface area contributed by atoms with E-state index < -0.39 is 0 Å². The van der Waals surface area contributed by atoms with Crippen molar-refractivity contribution in [2.45, 2.75) is 0 Å². The van der Waals surface area contributed by atoms with Crippen LogP contribution < -0.4 is 0 Å². The van der Waals surface area contributed by atoms with E-state index in [1.165, 1.54) is 49.4 Å². The van der Waals surface area contributed by atoms with Gasteiger partial charge in [-0.05, 0) is 46.3 Å². The van der Waals surface area contributed by atoms with Gasteiger partial charge in [0.2, 0.25) is 0 Å². The second kappa shape index (κ2) is 8.41. The molecule has 0 saturated heterocycles. The minimum Gasteiger partial charge on any atom is -0.308 e. The predicted molar refractivity (Wildman–Crippen MR) is 154 cm³/mol. The van der Waals surface area contributed by atoms with Crippen molar-refractivity contribution in [3.8, 4) is 27.9 Å². The molecule has 0 spiro atoms. The summed E-state index contributed by atoms with van der Waals surface area (Å²) in [5.41, 5.74) is 8.30. The van der Waals surface area contributed by atoms with Crippen LogP contribution in [0, 0.1) is 0 Å². The number of nitrogens with zero attached hydrogens (tertiary/aromatic N) is 1. The Balaban J connectivity index is 1.52. The van der Waals surface area contributed by atoms with E-state index in [-0.39, 0.29) is 0 Å². The van der Waals surface area contributed by atoms with Crippen molar-refractivity contribution in [1.82, 2.24) is 4.57 Å².